The van der Waals surface area contributed by atoms with Crippen LogP contribution in [0.25, 0.3) is 0 Å². The van der Waals surface area contributed by atoms with Crippen molar-refractivity contribution < 1.29 is 9.53 Å². The van der Waals surface area contributed by atoms with Crippen molar-refractivity contribution in [3.8, 4) is 5.75 Å². The zero-order chi connectivity index (χ0) is 13.8. The van der Waals surface area contributed by atoms with E-state index in [0.717, 1.165) is 15.7 Å². The van der Waals surface area contributed by atoms with Gasteiger partial charge in [0.15, 0.2) is 6.10 Å². The van der Waals surface area contributed by atoms with E-state index in [1.54, 1.807) is 6.92 Å². The second kappa shape index (κ2) is 6.41. The van der Waals surface area contributed by atoms with E-state index in [9.17, 15) is 4.79 Å². The summed E-state index contributed by atoms with van der Waals surface area (Å²) in [4.78, 5) is 12.0. The fourth-order valence-corrected chi connectivity index (χ4v) is 1.82. The minimum absolute atomic E-state index is 0.0819. The van der Waals surface area contributed by atoms with Gasteiger partial charge >= 0.3 is 0 Å². The molecule has 1 rings (SSSR count). The molecule has 1 atom stereocenters. The van der Waals surface area contributed by atoms with Gasteiger partial charge in [-0.15, -0.1) is 0 Å². The zero-order valence-electron chi connectivity index (χ0n) is 11.3. The summed E-state index contributed by atoms with van der Waals surface area (Å²) in [6.45, 7) is 7.82. The fraction of sp³-hybridized carbons (Fsp3) is 0.500. The summed E-state index contributed by atoms with van der Waals surface area (Å²) >= 11 is 2.20. The molecule has 0 aliphatic heterocycles. The molecule has 18 heavy (non-hydrogen) atoms. The quantitative estimate of drug-likeness (QED) is 0.817. The van der Waals surface area contributed by atoms with Crippen LogP contribution in [0.2, 0.25) is 0 Å². The van der Waals surface area contributed by atoms with Gasteiger partial charge in [0.2, 0.25) is 0 Å². The Morgan fingerprint density at radius 3 is 2.61 bits per heavy atom. The maximum atomic E-state index is 12.0. The van der Waals surface area contributed by atoms with Gasteiger partial charge in [0.05, 0.1) is 3.57 Å². The molecule has 0 aliphatic rings. The Morgan fingerprint density at radius 1 is 1.44 bits per heavy atom. The number of amides is 1. The molecule has 0 saturated carbocycles. The van der Waals surface area contributed by atoms with Crippen molar-refractivity contribution in [3.63, 3.8) is 0 Å². The topological polar surface area (TPSA) is 38.3 Å². The summed E-state index contributed by atoms with van der Waals surface area (Å²) in [5.41, 5.74) is -0.196. The molecule has 0 saturated heterocycles. The average Bonchev–Trinajstić information content (AvgIpc) is 2.31. The van der Waals surface area contributed by atoms with Crippen LogP contribution >= 0.6 is 22.6 Å². The summed E-state index contributed by atoms with van der Waals surface area (Å²) < 4.78 is 6.68. The van der Waals surface area contributed by atoms with Crippen LogP contribution in [0.4, 0.5) is 0 Å². The van der Waals surface area contributed by atoms with Crippen LogP contribution in [-0.4, -0.2) is 17.6 Å². The van der Waals surface area contributed by atoms with Crippen molar-refractivity contribution in [2.45, 2.75) is 45.8 Å². The van der Waals surface area contributed by atoms with E-state index in [0.29, 0.717) is 0 Å². The standard InChI is InChI=1S/C14H20INO2/c1-5-14(3,4)16-13(17)10(2)18-12-9-7-6-8-11(12)15/h6-10H,5H2,1-4H3,(H,16,17). The fourth-order valence-electron chi connectivity index (χ4n) is 1.31. The maximum absolute atomic E-state index is 12.0. The molecule has 0 radical (unpaired) electrons. The summed E-state index contributed by atoms with van der Waals surface area (Å²) in [5, 5.41) is 2.98. The molecule has 0 fully saturated rings. The van der Waals surface area contributed by atoms with Gasteiger partial charge in [0.25, 0.3) is 5.91 Å². The predicted octanol–water partition coefficient (Wildman–Crippen LogP) is 3.36. The molecule has 0 heterocycles. The molecule has 0 bridgehead atoms. The molecule has 4 heteroatoms. The Hall–Kier alpha value is -0.780. The Bertz CT molecular complexity index is 418. The first-order valence-electron chi connectivity index (χ1n) is 6.09. The summed E-state index contributed by atoms with van der Waals surface area (Å²) in [7, 11) is 0. The van der Waals surface area contributed by atoms with Crippen molar-refractivity contribution in [2.24, 2.45) is 0 Å². The molecule has 0 aromatic heterocycles. The van der Waals surface area contributed by atoms with Gasteiger partial charge in [0, 0.05) is 5.54 Å². The second-order valence-electron chi connectivity index (χ2n) is 4.92. The molecule has 0 spiro atoms. The third kappa shape index (κ3) is 4.48. The molecule has 1 amide bonds. The molecule has 100 valence electrons. The van der Waals surface area contributed by atoms with Crippen molar-refractivity contribution in [1.82, 2.24) is 5.32 Å². The highest BCUT2D eigenvalue weighted by atomic mass is 127. The normalized spacial score (nSPS) is 12.9. The number of carbonyl (C=O) groups excluding carboxylic acids is 1. The lowest BCUT2D eigenvalue weighted by Crippen LogP contribution is -2.48. The Labute approximate surface area is 122 Å². The molecule has 0 aliphatic carbocycles. The number of benzene rings is 1. The lowest BCUT2D eigenvalue weighted by molar-refractivity contribution is -0.129. The van der Waals surface area contributed by atoms with Gasteiger partial charge in [0.1, 0.15) is 5.75 Å². The third-order valence-corrected chi connectivity index (χ3v) is 3.75. The second-order valence-corrected chi connectivity index (χ2v) is 6.08. The van der Waals surface area contributed by atoms with Crippen LogP contribution in [0.5, 0.6) is 5.75 Å². The monoisotopic (exact) mass is 361 g/mol. The summed E-state index contributed by atoms with van der Waals surface area (Å²) in [5.74, 6) is 0.663. The van der Waals surface area contributed by atoms with Crippen molar-refractivity contribution in [1.29, 1.82) is 0 Å². The van der Waals surface area contributed by atoms with E-state index in [1.165, 1.54) is 0 Å². The van der Waals surface area contributed by atoms with E-state index in [2.05, 4.69) is 27.9 Å². The number of halogens is 1. The highest BCUT2D eigenvalue weighted by Crippen LogP contribution is 2.21. The van der Waals surface area contributed by atoms with Crippen LogP contribution in [0.3, 0.4) is 0 Å². The number of para-hydroxylation sites is 1. The first-order valence-corrected chi connectivity index (χ1v) is 7.17. The number of ether oxygens (including phenoxy) is 1. The predicted molar refractivity (Wildman–Crippen MR) is 81.8 cm³/mol. The van der Waals surface area contributed by atoms with Gasteiger partial charge in [-0.2, -0.15) is 0 Å². The molecule has 1 unspecified atom stereocenters. The van der Waals surface area contributed by atoms with Gasteiger partial charge in [-0.05, 0) is 61.9 Å². The Balaban J connectivity index is 2.63. The third-order valence-electron chi connectivity index (χ3n) is 2.86. The van der Waals surface area contributed by atoms with Crippen molar-refractivity contribution in [3.05, 3.63) is 27.8 Å². The van der Waals surface area contributed by atoms with E-state index < -0.39 is 6.10 Å². The van der Waals surface area contributed by atoms with Gasteiger partial charge in [-0.1, -0.05) is 19.1 Å². The summed E-state index contributed by atoms with van der Waals surface area (Å²) in [6, 6.07) is 7.67. The first-order chi connectivity index (χ1) is 8.35. The minimum Gasteiger partial charge on any atom is -0.480 e. The Morgan fingerprint density at radius 2 is 2.06 bits per heavy atom. The number of carbonyl (C=O) groups is 1. The van der Waals surface area contributed by atoms with Crippen LogP contribution in [0, 0.1) is 3.57 Å². The van der Waals surface area contributed by atoms with E-state index in [4.69, 9.17) is 4.74 Å². The largest absolute Gasteiger partial charge is 0.480 e. The SMILES string of the molecule is CCC(C)(C)NC(=O)C(C)Oc1ccccc1I. The van der Waals surface area contributed by atoms with Crippen LogP contribution in [-0.2, 0) is 4.79 Å². The lowest BCUT2D eigenvalue weighted by atomic mass is 10.0. The van der Waals surface area contributed by atoms with Crippen molar-refractivity contribution in [2.75, 3.05) is 0 Å². The van der Waals surface area contributed by atoms with Crippen LogP contribution in [0.15, 0.2) is 24.3 Å². The molecular weight excluding hydrogens is 341 g/mol. The highest BCUT2D eigenvalue weighted by Gasteiger charge is 2.23. The van der Waals surface area contributed by atoms with Crippen LogP contribution in [0.1, 0.15) is 34.1 Å². The van der Waals surface area contributed by atoms with Gasteiger partial charge < -0.3 is 10.1 Å². The van der Waals surface area contributed by atoms with E-state index >= 15 is 0 Å². The highest BCUT2D eigenvalue weighted by molar-refractivity contribution is 14.1. The number of nitrogens with one attached hydrogen (secondary N) is 1. The van der Waals surface area contributed by atoms with Gasteiger partial charge in [-0.3, -0.25) is 4.79 Å². The number of hydrogen-bond donors (Lipinski definition) is 1. The first kappa shape index (κ1) is 15.3. The molecule has 1 aromatic rings. The number of hydrogen-bond acceptors (Lipinski definition) is 2. The molecule has 1 N–H and O–H groups in total. The molecular formula is C14H20INO2. The summed E-state index contributed by atoms with van der Waals surface area (Å²) in [6.07, 6.45) is 0.390. The van der Waals surface area contributed by atoms with Gasteiger partial charge in [-0.25, -0.2) is 0 Å². The van der Waals surface area contributed by atoms with Crippen molar-refractivity contribution >= 4 is 28.5 Å². The maximum Gasteiger partial charge on any atom is 0.261 e. The minimum atomic E-state index is -0.494. The zero-order valence-corrected chi connectivity index (χ0v) is 13.4. The molecule has 3 nitrogen and oxygen atoms in total. The Kier molecular flexibility index (Phi) is 5.44. The number of rotatable bonds is 5. The van der Waals surface area contributed by atoms with E-state index in [-0.39, 0.29) is 11.4 Å². The lowest BCUT2D eigenvalue weighted by Gasteiger charge is -2.26. The smallest absolute Gasteiger partial charge is 0.261 e. The van der Waals surface area contributed by atoms with E-state index in [1.807, 2.05) is 45.0 Å². The van der Waals surface area contributed by atoms with Crippen LogP contribution < -0.4 is 10.1 Å². The molecule has 1 aromatic carbocycles. The average molecular weight is 361 g/mol.